The summed E-state index contributed by atoms with van der Waals surface area (Å²) in [6, 6.07) is 0. The smallest absolute Gasteiger partial charge is 0.0578 e. The molecule has 1 aliphatic rings. The van der Waals surface area contributed by atoms with Crippen LogP contribution in [0.1, 0.15) is 6.42 Å². The number of ether oxygens (including phenoxy) is 2. The third-order valence-electron chi connectivity index (χ3n) is 2.52. The maximum Gasteiger partial charge on any atom is 0.0578 e. The lowest BCUT2D eigenvalue weighted by Crippen LogP contribution is -2.30. The minimum atomic E-state index is 0.00215. The van der Waals surface area contributed by atoms with Crippen molar-refractivity contribution in [3.05, 3.63) is 23.8 Å². The number of rotatable bonds is 5. The first kappa shape index (κ1) is 11.4. The van der Waals surface area contributed by atoms with Crippen LogP contribution in [0.4, 0.5) is 0 Å². The first-order valence-electron chi connectivity index (χ1n) is 4.82. The Balaban J connectivity index is 2.65. The zero-order valence-electron chi connectivity index (χ0n) is 8.95. The average molecular weight is 197 g/mol. The molecular weight excluding hydrogens is 178 g/mol. The molecule has 0 bridgehead atoms. The molecular formula is C11H19NO2. The maximum atomic E-state index is 5.56. The van der Waals surface area contributed by atoms with Gasteiger partial charge < -0.3 is 15.2 Å². The Kier molecular flexibility index (Phi) is 4.32. The molecule has 2 N–H and O–H groups in total. The third kappa shape index (κ3) is 2.67. The van der Waals surface area contributed by atoms with Crippen LogP contribution in [0.3, 0.4) is 0 Å². The molecule has 1 rings (SSSR count). The van der Waals surface area contributed by atoms with E-state index < -0.39 is 0 Å². The van der Waals surface area contributed by atoms with Crippen LogP contribution in [0, 0.1) is 5.41 Å². The van der Waals surface area contributed by atoms with E-state index >= 15 is 0 Å². The van der Waals surface area contributed by atoms with Crippen molar-refractivity contribution in [2.24, 2.45) is 11.1 Å². The van der Waals surface area contributed by atoms with Gasteiger partial charge in [-0.3, -0.25) is 0 Å². The van der Waals surface area contributed by atoms with Gasteiger partial charge in [0.1, 0.15) is 0 Å². The normalized spacial score (nSPS) is 19.5. The summed E-state index contributed by atoms with van der Waals surface area (Å²) in [5.74, 6) is 0. The van der Waals surface area contributed by atoms with Crippen molar-refractivity contribution in [2.45, 2.75) is 6.42 Å². The fourth-order valence-electron chi connectivity index (χ4n) is 1.74. The molecule has 0 spiro atoms. The highest BCUT2D eigenvalue weighted by atomic mass is 16.5. The van der Waals surface area contributed by atoms with Gasteiger partial charge in [0.25, 0.3) is 0 Å². The zero-order valence-corrected chi connectivity index (χ0v) is 8.95. The largest absolute Gasteiger partial charge is 0.384 e. The summed E-state index contributed by atoms with van der Waals surface area (Å²) >= 11 is 0. The van der Waals surface area contributed by atoms with E-state index in [9.17, 15) is 0 Å². The van der Waals surface area contributed by atoms with Gasteiger partial charge in [-0.1, -0.05) is 18.2 Å². The topological polar surface area (TPSA) is 44.5 Å². The second-order valence-corrected chi connectivity index (χ2v) is 3.75. The lowest BCUT2D eigenvalue weighted by molar-refractivity contribution is 0.0415. The number of allylic oxidation sites excluding steroid dienone is 1. The van der Waals surface area contributed by atoms with Gasteiger partial charge in [-0.05, 0) is 12.0 Å². The fraction of sp³-hybridized carbons (Fsp3) is 0.636. The summed E-state index contributed by atoms with van der Waals surface area (Å²) in [6.07, 6.45) is 7.33. The monoisotopic (exact) mass is 197 g/mol. The molecule has 1 aliphatic carbocycles. The Hall–Kier alpha value is -0.640. The van der Waals surface area contributed by atoms with E-state index in [0.717, 1.165) is 6.42 Å². The van der Waals surface area contributed by atoms with E-state index in [1.807, 2.05) is 0 Å². The van der Waals surface area contributed by atoms with E-state index in [4.69, 9.17) is 15.2 Å². The molecule has 0 saturated heterocycles. The molecule has 0 unspecified atom stereocenters. The molecule has 0 aliphatic heterocycles. The van der Waals surface area contributed by atoms with E-state index in [1.165, 1.54) is 5.57 Å². The zero-order chi connectivity index (χ0) is 10.4. The summed E-state index contributed by atoms with van der Waals surface area (Å²) < 4.78 is 10.4. The van der Waals surface area contributed by atoms with Gasteiger partial charge in [0.05, 0.1) is 13.2 Å². The Morgan fingerprint density at radius 1 is 1.36 bits per heavy atom. The Labute approximate surface area is 85.6 Å². The second-order valence-electron chi connectivity index (χ2n) is 3.75. The van der Waals surface area contributed by atoms with Crippen LogP contribution >= 0.6 is 0 Å². The van der Waals surface area contributed by atoms with Crippen molar-refractivity contribution in [1.29, 1.82) is 0 Å². The van der Waals surface area contributed by atoms with Crippen molar-refractivity contribution < 1.29 is 9.47 Å². The number of hydrogen-bond acceptors (Lipinski definition) is 3. The minimum Gasteiger partial charge on any atom is -0.384 e. The summed E-state index contributed by atoms with van der Waals surface area (Å²) in [5.41, 5.74) is 6.75. The minimum absolute atomic E-state index is 0.00215. The molecule has 0 aromatic carbocycles. The third-order valence-corrected chi connectivity index (χ3v) is 2.52. The van der Waals surface area contributed by atoms with Crippen molar-refractivity contribution >= 4 is 0 Å². The molecule has 0 atom stereocenters. The van der Waals surface area contributed by atoms with Gasteiger partial charge in [-0.25, -0.2) is 0 Å². The van der Waals surface area contributed by atoms with Gasteiger partial charge >= 0.3 is 0 Å². The highest BCUT2D eigenvalue weighted by Crippen LogP contribution is 2.30. The van der Waals surface area contributed by atoms with Crippen molar-refractivity contribution in [1.82, 2.24) is 0 Å². The predicted molar refractivity (Wildman–Crippen MR) is 57.1 cm³/mol. The standard InChI is InChI=1S/C11H19NO2/c1-13-8-11(9-14-2)5-3-10(7-12)4-6-11/h3-5H,6-9,12H2,1-2H3. The SMILES string of the molecule is COCC1(COC)C=CC(CN)=CC1. The Bertz CT molecular complexity index is 227. The summed E-state index contributed by atoms with van der Waals surface area (Å²) in [5, 5.41) is 0. The molecule has 3 nitrogen and oxygen atoms in total. The van der Waals surface area contributed by atoms with E-state index in [-0.39, 0.29) is 5.41 Å². The summed E-state index contributed by atoms with van der Waals surface area (Å²) in [4.78, 5) is 0. The highest BCUT2D eigenvalue weighted by Gasteiger charge is 2.28. The molecule has 0 amide bonds. The van der Waals surface area contributed by atoms with Crippen molar-refractivity contribution in [2.75, 3.05) is 34.0 Å². The summed E-state index contributed by atoms with van der Waals surface area (Å²) in [6.45, 7) is 1.98. The molecule has 0 fully saturated rings. The number of methoxy groups -OCH3 is 2. The van der Waals surface area contributed by atoms with Crippen molar-refractivity contribution in [3.8, 4) is 0 Å². The van der Waals surface area contributed by atoms with Gasteiger partial charge in [0.15, 0.2) is 0 Å². The highest BCUT2D eigenvalue weighted by molar-refractivity contribution is 5.27. The van der Waals surface area contributed by atoms with Gasteiger partial charge in [0.2, 0.25) is 0 Å². The van der Waals surface area contributed by atoms with Gasteiger partial charge in [-0.2, -0.15) is 0 Å². The van der Waals surface area contributed by atoms with Crippen LogP contribution in [0.2, 0.25) is 0 Å². The maximum absolute atomic E-state index is 5.56. The summed E-state index contributed by atoms with van der Waals surface area (Å²) in [7, 11) is 3.43. The van der Waals surface area contributed by atoms with E-state index in [0.29, 0.717) is 19.8 Å². The number of nitrogens with two attached hydrogens (primary N) is 1. The van der Waals surface area contributed by atoms with E-state index in [1.54, 1.807) is 14.2 Å². The molecule has 0 radical (unpaired) electrons. The van der Waals surface area contributed by atoms with E-state index in [2.05, 4.69) is 18.2 Å². The Morgan fingerprint density at radius 3 is 2.36 bits per heavy atom. The van der Waals surface area contributed by atoms with Crippen LogP contribution in [0.15, 0.2) is 23.8 Å². The Morgan fingerprint density at radius 2 is 2.00 bits per heavy atom. The molecule has 3 heteroatoms. The molecule has 80 valence electrons. The number of hydrogen-bond donors (Lipinski definition) is 1. The van der Waals surface area contributed by atoms with Gasteiger partial charge in [0, 0.05) is 26.2 Å². The average Bonchev–Trinajstić information content (AvgIpc) is 2.20. The molecule has 0 aromatic heterocycles. The van der Waals surface area contributed by atoms with Crippen LogP contribution in [0.5, 0.6) is 0 Å². The molecule has 14 heavy (non-hydrogen) atoms. The van der Waals surface area contributed by atoms with Gasteiger partial charge in [-0.15, -0.1) is 0 Å². The first-order chi connectivity index (χ1) is 6.76. The molecule has 0 heterocycles. The lowest BCUT2D eigenvalue weighted by Gasteiger charge is -2.30. The fourth-order valence-corrected chi connectivity index (χ4v) is 1.74. The van der Waals surface area contributed by atoms with Crippen LogP contribution < -0.4 is 5.73 Å². The quantitative estimate of drug-likeness (QED) is 0.718. The molecule has 0 saturated carbocycles. The lowest BCUT2D eigenvalue weighted by atomic mass is 9.81. The predicted octanol–water partition coefficient (Wildman–Crippen LogP) is 1.11. The van der Waals surface area contributed by atoms with Crippen LogP contribution in [-0.4, -0.2) is 34.0 Å². The van der Waals surface area contributed by atoms with Crippen LogP contribution in [0.25, 0.3) is 0 Å². The first-order valence-corrected chi connectivity index (χ1v) is 4.82. The van der Waals surface area contributed by atoms with Crippen molar-refractivity contribution in [3.63, 3.8) is 0 Å². The molecule has 0 aromatic rings. The van der Waals surface area contributed by atoms with Crippen LogP contribution in [-0.2, 0) is 9.47 Å². The second kappa shape index (κ2) is 5.29.